The third kappa shape index (κ3) is 5.10. The Bertz CT molecular complexity index is 159. The van der Waals surface area contributed by atoms with Crippen LogP contribution < -0.4 is 0 Å². The van der Waals surface area contributed by atoms with Crippen molar-refractivity contribution in [3.05, 3.63) is 0 Å². The lowest BCUT2D eigenvalue weighted by molar-refractivity contribution is 0.0145. The van der Waals surface area contributed by atoms with Crippen LogP contribution in [0.25, 0.3) is 0 Å². The van der Waals surface area contributed by atoms with Crippen molar-refractivity contribution >= 4 is 8.80 Å². The second kappa shape index (κ2) is 5.26. The highest BCUT2D eigenvalue weighted by Crippen LogP contribution is 2.25. The highest BCUT2D eigenvalue weighted by atomic mass is 28.4. The highest BCUT2D eigenvalue weighted by Gasteiger charge is 2.43. The maximum Gasteiger partial charge on any atom is 0.501 e. The molecular formula is C10H24O3Si. The van der Waals surface area contributed by atoms with E-state index in [1.165, 1.54) is 0 Å². The van der Waals surface area contributed by atoms with Gasteiger partial charge in [-0.2, -0.15) is 0 Å². The topological polar surface area (TPSA) is 27.7 Å². The second-order valence-corrected chi connectivity index (χ2v) is 7.70. The summed E-state index contributed by atoms with van der Waals surface area (Å²) < 4.78 is 16.9. The fraction of sp³-hybridized carbons (Fsp3) is 1.00. The predicted molar refractivity (Wildman–Crippen MR) is 60.3 cm³/mol. The van der Waals surface area contributed by atoms with Gasteiger partial charge in [0, 0.05) is 20.3 Å². The van der Waals surface area contributed by atoms with Gasteiger partial charge in [-0.3, -0.25) is 0 Å². The van der Waals surface area contributed by atoms with E-state index in [1.807, 2.05) is 20.8 Å². The van der Waals surface area contributed by atoms with Crippen LogP contribution in [0, 0.1) is 5.92 Å². The normalized spacial score (nSPS) is 13.7. The molecule has 0 N–H and O–H groups in total. The highest BCUT2D eigenvalue weighted by molar-refractivity contribution is 6.60. The first-order valence-corrected chi connectivity index (χ1v) is 6.98. The Morgan fingerprint density at radius 3 is 1.71 bits per heavy atom. The molecule has 0 aliphatic heterocycles. The molecule has 0 unspecified atom stereocenters. The minimum absolute atomic E-state index is 0.215. The average Bonchev–Trinajstić information content (AvgIpc) is 1.99. The van der Waals surface area contributed by atoms with Crippen LogP contribution in [0.5, 0.6) is 0 Å². The van der Waals surface area contributed by atoms with Crippen LogP contribution >= 0.6 is 0 Å². The van der Waals surface area contributed by atoms with Gasteiger partial charge in [-0.1, -0.05) is 13.8 Å². The van der Waals surface area contributed by atoms with Gasteiger partial charge >= 0.3 is 8.80 Å². The van der Waals surface area contributed by atoms with E-state index in [1.54, 1.807) is 14.2 Å². The molecule has 0 saturated heterocycles. The van der Waals surface area contributed by atoms with Gasteiger partial charge in [-0.25, -0.2) is 0 Å². The summed E-state index contributed by atoms with van der Waals surface area (Å²) >= 11 is 0. The fourth-order valence-corrected chi connectivity index (χ4v) is 4.02. The van der Waals surface area contributed by atoms with Gasteiger partial charge in [0.1, 0.15) is 0 Å². The quantitative estimate of drug-likeness (QED) is 0.667. The molecule has 3 nitrogen and oxygen atoms in total. The van der Waals surface area contributed by atoms with Crippen molar-refractivity contribution in [2.24, 2.45) is 5.92 Å². The van der Waals surface area contributed by atoms with Gasteiger partial charge in [0.15, 0.2) is 0 Å². The van der Waals surface area contributed by atoms with E-state index in [0.29, 0.717) is 5.92 Å². The molecular weight excluding hydrogens is 196 g/mol. The molecule has 0 aliphatic carbocycles. The molecule has 4 heteroatoms. The summed E-state index contributed by atoms with van der Waals surface area (Å²) in [7, 11) is 0.899. The van der Waals surface area contributed by atoms with E-state index < -0.39 is 8.80 Å². The minimum Gasteiger partial charge on any atom is -0.377 e. The first kappa shape index (κ1) is 14.1. The lowest BCUT2D eigenvalue weighted by Gasteiger charge is -2.34. The van der Waals surface area contributed by atoms with Crippen molar-refractivity contribution in [2.75, 3.05) is 14.2 Å². The van der Waals surface area contributed by atoms with Crippen molar-refractivity contribution in [2.45, 2.75) is 46.3 Å². The van der Waals surface area contributed by atoms with Crippen molar-refractivity contribution in [1.29, 1.82) is 0 Å². The zero-order chi connectivity index (χ0) is 11.4. The maximum atomic E-state index is 5.93. The Labute approximate surface area is 89.1 Å². The van der Waals surface area contributed by atoms with Crippen LogP contribution in [0.1, 0.15) is 34.6 Å². The van der Waals surface area contributed by atoms with E-state index in [2.05, 4.69) is 13.8 Å². The van der Waals surface area contributed by atoms with E-state index in [0.717, 1.165) is 6.04 Å². The van der Waals surface area contributed by atoms with E-state index in [9.17, 15) is 0 Å². The van der Waals surface area contributed by atoms with Gasteiger partial charge in [0.2, 0.25) is 0 Å². The third-order valence-corrected chi connectivity index (χ3v) is 5.23. The Hall–Kier alpha value is 0.0969. The lowest BCUT2D eigenvalue weighted by Crippen LogP contribution is -2.49. The summed E-state index contributed by atoms with van der Waals surface area (Å²) in [5.74, 6) is 0.518. The molecule has 0 spiro atoms. The fourth-order valence-electron chi connectivity index (χ4n) is 1.34. The number of hydrogen-bond acceptors (Lipinski definition) is 3. The number of hydrogen-bond donors (Lipinski definition) is 0. The van der Waals surface area contributed by atoms with Crippen molar-refractivity contribution < 1.29 is 13.3 Å². The smallest absolute Gasteiger partial charge is 0.377 e. The Balaban J connectivity index is 4.53. The van der Waals surface area contributed by atoms with Gasteiger partial charge in [-0.15, -0.1) is 0 Å². The summed E-state index contributed by atoms with van der Waals surface area (Å²) in [6.07, 6.45) is 0. The van der Waals surface area contributed by atoms with Crippen molar-refractivity contribution in [3.8, 4) is 0 Å². The summed E-state index contributed by atoms with van der Waals surface area (Å²) in [5, 5.41) is 0. The van der Waals surface area contributed by atoms with Crippen LogP contribution in [0.15, 0.2) is 0 Å². The number of rotatable bonds is 5. The summed E-state index contributed by atoms with van der Waals surface area (Å²) in [4.78, 5) is 0. The first-order valence-electron chi connectivity index (χ1n) is 5.05. The van der Waals surface area contributed by atoms with Crippen LogP contribution in [0.4, 0.5) is 0 Å². The SMILES string of the molecule is CO[Si](CC(C)C)(OC)OC(C)(C)C. The van der Waals surface area contributed by atoms with Crippen molar-refractivity contribution in [3.63, 3.8) is 0 Å². The molecule has 0 aromatic rings. The molecule has 0 saturated carbocycles. The minimum atomic E-state index is -2.44. The Kier molecular flexibility index (Phi) is 5.29. The molecule has 14 heavy (non-hydrogen) atoms. The molecule has 0 bridgehead atoms. The van der Waals surface area contributed by atoms with Crippen LogP contribution in [0.3, 0.4) is 0 Å². The summed E-state index contributed by atoms with van der Waals surface area (Å²) in [5.41, 5.74) is -0.215. The van der Waals surface area contributed by atoms with E-state index >= 15 is 0 Å². The third-order valence-electron chi connectivity index (χ3n) is 1.74. The zero-order valence-electron chi connectivity index (χ0n) is 10.5. The molecule has 0 aromatic carbocycles. The predicted octanol–water partition coefficient (Wildman–Crippen LogP) is 2.69. The molecule has 0 aliphatic rings. The molecule has 0 amide bonds. The maximum absolute atomic E-state index is 5.93. The zero-order valence-corrected chi connectivity index (χ0v) is 11.5. The lowest BCUT2D eigenvalue weighted by atomic mass is 10.2. The van der Waals surface area contributed by atoms with E-state index in [4.69, 9.17) is 13.3 Å². The van der Waals surface area contributed by atoms with Gasteiger partial charge in [0.05, 0.1) is 5.60 Å². The monoisotopic (exact) mass is 220 g/mol. The van der Waals surface area contributed by atoms with Gasteiger partial charge in [0.25, 0.3) is 0 Å². The summed E-state index contributed by atoms with van der Waals surface area (Å²) in [6, 6.07) is 0.858. The Morgan fingerprint density at radius 1 is 1.07 bits per heavy atom. The first-order chi connectivity index (χ1) is 6.24. The molecule has 0 heterocycles. The molecule has 0 aromatic heterocycles. The van der Waals surface area contributed by atoms with Crippen LogP contribution in [0.2, 0.25) is 6.04 Å². The Morgan fingerprint density at radius 2 is 1.50 bits per heavy atom. The second-order valence-electron chi connectivity index (χ2n) is 4.90. The molecule has 0 atom stereocenters. The largest absolute Gasteiger partial charge is 0.501 e. The van der Waals surface area contributed by atoms with Gasteiger partial charge < -0.3 is 13.3 Å². The molecule has 86 valence electrons. The molecule has 0 rings (SSSR count). The van der Waals surface area contributed by atoms with Gasteiger partial charge in [-0.05, 0) is 26.7 Å². The molecule has 0 radical (unpaired) electrons. The standard InChI is InChI=1S/C10H24O3Si/c1-9(2)8-14(11-6,12-7)13-10(3,4)5/h9H,8H2,1-7H3. The average molecular weight is 220 g/mol. The van der Waals surface area contributed by atoms with E-state index in [-0.39, 0.29) is 5.60 Å². The van der Waals surface area contributed by atoms with Crippen LogP contribution in [-0.2, 0) is 13.3 Å². The molecule has 0 fully saturated rings. The summed E-state index contributed by atoms with van der Waals surface area (Å²) in [6.45, 7) is 10.4. The van der Waals surface area contributed by atoms with Crippen molar-refractivity contribution in [1.82, 2.24) is 0 Å². The van der Waals surface area contributed by atoms with Crippen LogP contribution in [-0.4, -0.2) is 28.6 Å².